The van der Waals surface area contributed by atoms with E-state index < -0.39 is 36.5 Å². The summed E-state index contributed by atoms with van der Waals surface area (Å²) in [6.07, 6.45) is 16.5. The molecule has 308 valence electrons. The standard InChI is InChI=1S/C18H34O2.5C3H8O3/c1-2-3-4-5-6-7-8-9-10-11-12-13-14-15-16-17-18(19)20;5*4-1-3(6)2-5/h9-10H,2-8,11-17H2,1H3,(H,19,20);5*3-6H,1-2H2/b10-9-;;;;;. The SMILES string of the molecule is CCCCCCCC/C=C\CCCCCCCC(=O)O.OCC(O)CO.OCC(O)CO.OCC(O)CO.OCC(O)CO.OCC(O)CO. The van der Waals surface area contributed by atoms with Crippen LogP contribution in [0.15, 0.2) is 12.2 Å². The van der Waals surface area contributed by atoms with Crippen LogP contribution in [0.4, 0.5) is 0 Å². The van der Waals surface area contributed by atoms with Crippen molar-refractivity contribution in [1.82, 2.24) is 0 Å². The maximum atomic E-state index is 10.3. The molecule has 0 aliphatic carbocycles. The van der Waals surface area contributed by atoms with Crippen LogP contribution in [0.5, 0.6) is 0 Å². The third-order valence-corrected chi connectivity index (χ3v) is 5.76. The summed E-state index contributed by atoms with van der Waals surface area (Å²) in [5, 5.41) is 129. The van der Waals surface area contributed by atoms with Crippen molar-refractivity contribution in [3.05, 3.63) is 12.2 Å². The average molecular weight is 743 g/mol. The number of rotatable bonds is 25. The number of aliphatic hydroxyl groups is 15. The lowest BCUT2D eigenvalue weighted by molar-refractivity contribution is -0.137. The Hall–Kier alpha value is -1.39. The first kappa shape index (κ1) is 60.7. The van der Waals surface area contributed by atoms with Gasteiger partial charge in [-0.05, 0) is 32.1 Å². The van der Waals surface area contributed by atoms with E-state index in [4.69, 9.17) is 81.7 Å². The topological polar surface area (TPSA) is 341 Å². The number of carboxylic acids is 1. The molecule has 17 heteroatoms. The van der Waals surface area contributed by atoms with Gasteiger partial charge in [-0.15, -0.1) is 0 Å². The van der Waals surface area contributed by atoms with Crippen LogP contribution in [-0.4, -0.2) is 184 Å². The lowest BCUT2D eigenvalue weighted by atomic mass is 10.1. The maximum absolute atomic E-state index is 10.3. The summed E-state index contributed by atoms with van der Waals surface area (Å²) in [4.78, 5) is 10.3. The molecule has 0 aliphatic rings. The molecule has 17 nitrogen and oxygen atoms in total. The van der Waals surface area contributed by atoms with E-state index in [9.17, 15) is 4.79 Å². The Morgan fingerprint density at radius 1 is 0.400 bits per heavy atom. The fourth-order valence-electron chi connectivity index (χ4n) is 2.64. The number of carboxylic acid groups (broad SMARTS) is 1. The van der Waals surface area contributed by atoms with Gasteiger partial charge in [-0.2, -0.15) is 0 Å². The number of hydrogen-bond donors (Lipinski definition) is 16. The minimum atomic E-state index is -0.954. The Morgan fingerprint density at radius 2 is 0.620 bits per heavy atom. The average Bonchev–Trinajstić information content (AvgIpc) is 3.15. The zero-order valence-corrected chi connectivity index (χ0v) is 30.1. The summed E-state index contributed by atoms with van der Waals surface area (Å²) in [6.45, 7) is -1.39. The second kappa shape index (κ2) is 57.0. The fraction of sp³-hybridized carbons (Fsp3) is 0.909. The largest absolute Gasteiger partial charge is 0.481 e. The minimum absolute atomic E-state index is 0.332. The molecule has 0 aromatic carbocycles. The third-order valence-electron chi connectivity index (χ3n) is 5.76. The predicted molar refractivity (Wildman–Crippen MR) is 188 cm³/mol. The summed E-state index contributed by atoms with van der Waals surface area (Å²) >= 11 is 0. The van der Waals surface area contributed by atoms with Gasteiger partial charge in [-0.25, -0.2) is 0 Å². The molecule has 0 saturated heterocycles. The summed E-state index contributed by atoms with van der Waals surface area (Å²) in [7, 11) is 0. The molecule has 0 aliphatic heterocycles. The van der Waals surface area contributed by atoms with E-state index in [1.54, 1.807) is 0 Å². The van der Waals surface area contributed by atoms with Crippen molar-refractivity contribution in [3.63, 3.8) is 0 Å². The second-order valence-corrected chi connectivity index (χ2v) is 10.8. The van der Waals surface area contributed by atoms with E-state index in [-0.39, 0.29) is 66.1 Å². The molecule has 0 unspecified atom stereocenters. The molecule has 0 bridgehead atoms. The highest BCUT2D eigenvalue weighted by molar-refractivity contribution is 5.66. The lowest BCUT2D eigenvalue weighted by Gasteiger charge is -1.99. The molecule has 0 radical (unpaired) electrons. The van der Waals surface area contributed by atoms with Crippen LogP contribution in [0.2, 0.25) is 0 Å². The van der Waals surface area contributed by atoms with Gasteiger partial charge in [0.05, 0.1) is 66.1 Å². The zero-order valence-electron chi connectivity index (χ0n) is 30.1. The van der Waals surface area contributed by atoms with Gasteiger partial charge in [0.25, 0.3) is 0 Å². The van der Waals surface area contributed by atoms with Crippen molar-refractivity contribution in [1.29, 1.82) is 0 Å². The third kappa shape index (κ3) is 76.5. The second-order valence-electron chi connectivity index (χ2n) is 10.8. The number of unbranched alkanes of at least 4 members (excludes halogenated alkanes) is 11. The van der Waals surface area contributed by atoms with Crippen molar-refractivity contribution in [2.45, 2.75) is 127 Å². The quantitative estimate of drug-likeness (QED) is 0.0347. The van der Waals surface area contributed by atoms with Crippen molar-refractivity contribution in [3.8, 4) is 0 Å². The van der Waals surface area contributed by atoms with Gasteiger partial charge in [0.1, 0.15) is 30.5 Å². The predicted octanol–water partition coefficient (Wildman–Crippen LogP) is -2.23. The molecule has 0 atom stereocenters. The number of aliphatic hydroxyl groups excluding tert-OH is 15. The molecule has 0 aromatic rings. The summed E-state index contributed by atoms with van der Waals surface area (Å²) in [5.41, 5.74) is 0. The van der Waals surface area contributed by atoms with Gasteiger partial charge in [0, 0.05) is 6.42 Å². The van der Waals surface area contributed by atoms with E-state index in [1.165, 1.54) is 70.6 Å². The molecule has 0 amide bonds. The Morgan fingerprint density at radius 3 is 0.820 bits per heavy atom. The van der Waals surface area contributed by atoms with E-state index >= 15 is 0 Å². The van der Waals surface area contributed by atoms with Crippen LogP contribution in [0.3, 0.4) is 0 Å². The first-order chi connectivity index (χ1) is 23.8. The monoisotopic (exact) mass is 742 g/mol. The molecule has 0 heterocycles. The van der Waals surface area contributed by atoms with Crippen molar-refractivity contribution < 1.29 is 86.5 Å². The molecule has 50 heavy (non-hydrogen) atoms. The Kier molecular flexibility index (Phi) is 69.1. The number of aliphatic carboxylic acids is 1. The van der Waals surface area contributed by atoms with Crippen LogP contribution in [0, 0.1) is 0 Å². The lowest BCUT2D eigenvalue weighted by Crippen LogP contribution is -2.15. The highest BCUT2D eigenvalue weighted by atomic mass is 16.4. The van der Waals surface area contributed by atoms with Crippen LogP contribution in [-0.2, 0) is 4.79 Å². The van der Waals surface area contributed by atoms with Gasteiger partial charge in [-0.1, -0.05) is 70.4 Å². The maximum Gasteiger partial charge on any atom is 0.303 e. The molecule has 0 spiro atoms. The van der Waals surface area contributed by atoms with Crippen LogP contribution >= 0.6 is 0 Å². The van der Waals surface area contributed by atoms with E-state index in [1.807, 2.05) is 0 Å². The highest BCUT2D eigenvalue weighted by Gasteiger charge is 1.97. The molecule has 16 N–H and O–H groups in total. The molecule has 0 fully saturated rings. The zero-order chi connectivity index (χ0) is 39.8. The smallest absolute Gasteiger partial charge is 0.303 e. The summed E-state index contributed by atoms with van der Waals surface area (Å²) in [6, 6.07) is 0. The van der Waals surface area contributed by atoms with Crippen molar-refractivity contribution >= 4 is 5.97 Å². The number of hydrogen-bond acceptors (Lipinski definition) is 16. The van der Waals surface area contributed by atoms with Gasteiger partial charge in [0.2, 0.25) is 0 Å². The van der Waals surface area contributed by atoms with Crippen LogP contribution in [0.1, 0.15) is 96.8 Å². The fourth-order valence-corrected chi connectivity index (χ4v) is 2.64. The molecular formula is C33H74O17. The first-order valence-corrected chi connectivity index (χ1v) is 17.2. The van der Waals surface area contributed by atoms with Gasteiger partial charge >= 0.3 is 5.97 Å². The Balaban J connectivity index is -0.000000132. The first-order valence-electron chi connectivity index (χ1n) is 17.2. The van der Waals surface area contributed by atoms with Crippen molar-refractivity contribution in [2.75, 3.05) is 66.1 Å². The highest BCUT2D eigenvalue weighted by Crippen LogP contribution is 2.09. The molecule has 0 saturated carbocycles. The van der Waals surface area contributed by atoms with Gasteiger partial charge < -0.3 is 81.7 Å². The normalized spacial score (nSPS) is 10.5. The van der Waals surface area contributed by atoms with Gasteiger partial charge in [-0.3, -0.25) is 4.79 Å². The van der Waals surface area contributed by atoms with Crippen LogP contribution < -0.4 is 0 Å². The summed E-state index contributed by atoms with van der Waals surface area (Å²) in [5.74, 6) is -0.664. The van der Waals surface area contributed by atoms with Gasteiger partial charge in [0.15, 0.2) is 0 Å². The van der Waals surface area contributed by atoms with Crippen molar-refractivity contribution in [2.24, 2.45) is 0 Å². The van der Waals surface area contributed by atoms with E-state index in [0.29, 0.717) is 6.42 Å². The Bertz CT molecular complexity index is 525. The number of allylic oxidation sites excluding steroid dienone is 2. The molecule has 0 aromatic heterocycles. The molecular weight excluding hydrogens is 668 g/mol. The Labute approximate surface area is 298 Å². The minimum Gasteiger partial charge on any atom is -0.481 e. The van der Waals surface area contributed by atoms with Crippen LogP contribution in [0.25, 0.3) is 0 Å². The van der Waals surface area contributed by atoms with E-state index in [0.717, 1.165) is 12.8 Å². The number of carbonyl (C=O) groups is 1. The molecule has 0 rings (SSSR count). The summed E-state index contributed by atoms with van der Waals surface area (Å²) < 4.78 is 0. The van der Waals surface area contributed by atoms with E-state index in [2.05, 4.69) is 19.1 Å².